The first-order valence-corrected chi connectivity index (χ1v) is 16.4. The molecule has 4 N–H and O–H groups in total. The number of hydrogen-bond acceptors (Lipinski definition) is 11. The van der Waals surface area contributed by atoms with E-state index in [9.17, 15) is 19.5 Å². The molecule has 3 amide bonds. The Morgan fingerprint density at radius 2 is 1.61 bits per heavy atom. The molecule has 1 aromatic carbocycles. The molecule has 0 saturated carbocycles. The van der Waals surface area contributed by atoms with Gasteiger partial charge < -0.3 is 44.7 Å². The molecule has 1 aliphatic rings. The van der Waals surface area contributed by atoms with Gasteiger partial charge >= 0.3 is 0 Å². The van der Waals surface area contributed by atoms with Crippen molar-refractivity contribution in [2.75, 3.05) is 66.0 Å². The lowest BCUT2D eigenvalue weighted by Gasteiger charge is -2.35. The Hall–Kier alpha value is -2.98. The van der Waals surface area contributed by atoms with Gasteiger partial charge in [-0.2, -0.15) is 0 Å². The van der Waals surface area contributed by atoms with E-state index in [0.29, 0.717) is 26.4 Å². The normalized spacial score (nSPS) is 17.2. The van der Waals surface area contributed by atoms with Gasteiger partial charge in [-0.3, -0.25) is 14.4 Å². The van der Waals surface area contributed by atoms with Gasteiger partial charge in [0.15, 0.2) is 0 Å². The van der Waals surface area contributed by atoms with E-state index in [4.69, 9.17) is 24.1 Å². The maximum atomic E-state index is 13.7. The van der Waals surface area contributed by atoms with E-state index in [1.54, 1.807) is 11.3 Å². The van der Waals surface area contributed by atoms with Crippen LogP contribution in [0.5, 0.6) is 0 Å². The first kappa shape index (κ1) is 37.5. The zero-order valence-electron chi connectivity index (χ0n) is 27.2. The van der Waals surface area contributed by atoms with E-state index in [2.05, 4.69) is 15.6 Å². The Labute approximate surface area is 274 Å². The first-order chi connectivity index (χ1) is 22.0. The number of benzene rings is 1. The molecular formula is C32H48N4O9S. The molecule has 3 unspecified atom stereocenters. The summed E-state index contributed by atoms with van der Waals surface area (Å²) < 4.78 is 21.3. The van der Waals surface area contributed by atoms with Crippen molar-refractivity contribution in [2.24, 2.45) is 5.41 Å². The highest BCUT2D eigenvalue weighted by Gasteiger charge is 2.44. The number of carbonyl (C=O) groups excluding carboxylic acids is 3. The Kier molecular flexibility index (Phi) is 15.5. The zero-order valence-corrected chi connectivity index (χ0v) is 28.0. The van der Waals surface area contributed by atoms with Gasteiger partial charge in [0.2, 0.25) is 17.7 Å². The van der Waals surface area contributed by atoms with Crippen LogP contribution in [0.2, 0.25) is 0 Å². The van der Waals surface area contributed by atoms with E-state index < -0.39 is 35.4 Å². The minimum Gasteiger partial charge on any atom is -0.394 e. The molecule has 256 valence electrons. The highest BCUT2D eigenvalue weighted by molar-refractivity contribution is 7.13. The number of hydrogen-bond donors (Lipinski definition) is 4. The standard InChI is InChI=1S/C32H48N4O9S/c1-22-28(46-21-34-22)24-7-5-23(6-8-24)18-33-30(40)26-17-25(38)19-36(26)31(41)29(32(2,3)4)35-27(39)20-45-16-15-44-14-13-43-12-11-42-10-9-37/h5-8,21,25-26,29,37-38H,9-20H2,1-4H3,(H,33,40)(H,35,39). The van der Waals surface area contributed by atoms with Gasteiger partial charge in [-0.25, -0.2) is 4.98 Å². The van der Waals surface area contributed by atoms with Crippen molar-refractivity contribution in [1.82, 2.24) is 20.5 Å². The van der Waals surface area contributed by atoms with E-state index in [1.165, 1.54) is 4.90 Å². The molecule has 46 heavy (non-hydrogen) atoms. The van der Waals surface area contributed by atoms with Gasteiger partial charge in [-0.05, 0) is 23.5 Å². The van der Waals surface area contributed by atoms with Crippen LogP contribution < -0.4 is 10.6 Å². The molecule has 0 aliphatic carbocycles. The summed E-state index contributed by atoms with van der Waals surface area (Å²) in [5.74, 6) is -1.28. The minimum atomic E-state index is -0.943. The third kappa shape index (κ3) is 12.0. The molecule has 2 aromatic rings. The first-order valence-electron chi connectivity index (χ1n) is 15.5. The van der Waals surface area contributed by atoms with Gasteiger partial charge in [0, 0.05) is 19.5 Å². The maximum Gasteiger partial charge on any atom is 0.246 e. The number of aliphatic hydroxyl groups is 2. The van der Waals surface area contributed by atoms with Crippen molar-refractivity contribution in [1.29, 1.82) is 0 Å². The minimum absolute atomic E-state index is 0.00446. The summed E-state index contributed by atoms with van der Waals surface area (Å²) in [6, 6.07) is 6.04. The predicted octanol–water partition coefficient (Wildman–Crippen LogP) is 1.29. The second-order valence-electron chi connectivity index (χ2n) is 12.1. The Balaban J connectivity index is 1.45. The summed E-state index contributed by atoms with van der Waals surface area (Å²) in [7, 11) is 0. The van der Waals surface area contributed by atoms with E-state index >= 15 is 0 Å². The van der Waals surface area contributed by atoms with Crippen molar-refractivity contribution in [2.45, 2.75) is 58.8 Å². The van der Waals surface area contributed by atoms with Crippen molar-refractivity contribution in [3.05, 3.63) is 41.0 Å². The Morgan fingerprint density at radius 3 is 2.17 bits per heavy atom. The van der Waals surface area contributed by atoms with Crippen LogP contribution in [0.25, 0.3) is 10.4 Å². The van der Waals surface area contributed by atoms with Gasteiger partial charge in [-0.15, -0.1) is 11.3 Å². The number of amides is 3. The number of likely N-dealkylation sites (tertiary alicyclic amines) is 1. The summed E-state index contributed by atoms with van der Waals surface area (Å²) in [5, 5.41) is 24.7. The third-order valence-corrected chi connectivity index (χ3v) is 8.27. The second-order valence-corrected chi connectivity index (χ2v) is 12.9. The molecule has 2 heterocycles. The number of aromatic nitrogens is 1. The fourth-order valence-electron chi connectivity index (χ4n) is 4.87. The summed E-state index contributed by atoms with van der Waals surface area (Å²) in [6.07, 6.45) is -0.747. The maximum absolute atomic E-state index is 13.7. The van der Waals surface area contributed by atoms with Crippen LogP contribution >= 0.6 is 11.3 Å². The van der Waals surface area contributed by atoms with Gasteiger partial charge in [0.1, 0.15) is 18.7 Å². The van der Waals surface area contributed by atoms with Crippen LogP contribution in [0.4, 0.5) is 0 Å². The van der Waals surface area contributed by atoms with Gasteiger partial charge in [-0.1, -0.05) is 45.0 Å². The second kappa shape index (κ2) is 19.0. The monoisotopic (exact) mass is 664 g/mol. The smallest absolute Gasteiger partial charge is 0.246 e. The number of nitrogens with one attached hydrogen (secondary N) is 2. The lowest BCUT2D eigenvalue weighted by atomic mass is 9.85. The van der Waals surface area contributed by atoms with Crippen molar-refractivity contribution in [3.8, 4) is 10.4 Å². The average molecular weight is 665 g/mol. The lowest BCUT2D eigenvalue weighted by Crippen LogP contribution is -2.58. The number of carbonyl (C=O) groups is 3. The molecule has 1 aromatic heterocycles. The molecular weight excluding hydrogens is 616 g/mol. The van der Waals surface area contributed by atoms with Crippen molar-refractivity contribution >= 4 is 29.1 Å². The fourth-order valence-corrected chi connectivity index (χ4v) is 5.68. The molecule has 13 nitrogen and oxygen atoms in total. The van der Waals surface area contributed by atoms with E-state index in [0.717, 1.165) is 21.7 Å². The van der Waals surface area contributed by atoms with Crippen LogP contribution in [0.3, 0.4) is 0 Å². The topological polar surface area (TPSA) is 169 Å². The molecule has 14 heteroatoms. The number of aliphatic hydroxyl groups excluding tert-OH is 2. The molecule has 0 radical (unpaired) electrons. The molecule has 0 spiro atoms. The SMILES string of the molecule is Cc1ncsc1-c1ccc(CNC(=O)C2CC(O)CN2C(=O)C(NC(=O)COCCOCCOCCOCCO)C(C)(C)C)cc1. The number of rotatable bonds is 19. The summed E-state index contributed by atoms with van der Waals surface area (Å²) >= 11 is 1.57. The van der Waals surface area contributed by atoms with Crippen LogP contribution in [-0.4, -0.2) is 122 Å². The third-order valence-electron chi connectivity index (χ3n) is 7.30. The van der Waals surface area contributed by atoms with Gasteiger partial charge in [0.25, 0.3) is 0 Å². The average Bonchev–Trinajstić information content (AvgIpc) is 3.63. The van der Waals surface area contributed by atoms with Crippen molar-refractivity contribution < 1.29 is 43.5 Å². The number of β-amino-alcohol motifs (C(OH)–C–C–N with tert-alkyl or cyclic N) is 1. The molecule has 3 atom stereocenters. The van der Waals surface area contributed by atoms with Gasteiger partial charge in [0.05, 0.1) is 75.0 Å². The number of ether oxygens (including phenoxy) is 4. The molecule has 1 aliphatic heterocycles. The van der Waals surface area contributed by atoms with Crippen LogP contribution in [0, 0.1) is 12.3 Å². The predicted molar refractivity (Wildman–Crippen MR) is 172 cm³/mol. The summed E-state index contributed by atoms with van der Waals surface area (Å²) in [4.78, 5) is 46.5. The van der Waals surface area contributed by atoms with Crippen LogP contribution in [0.1, 0.15) is 38.4 Å². The highest BCUT2D eigenvalue weighted by Crippen LogP contribution is 2.28. The summed E-state index contributed by atoms with van der Waals surface area (Å²) in [5.41, 5.74) is 4.05. The molecule has 0 bridgehead atoms. The lowest BCUT2D eigenvalue weighted by molar-refractivity contribution is -0.144. The zero-order chi connectivity index (χ0) is 33.5. The number of nitrogens with zero attached hydrogens (tertiary/aromatic N) is 2. The molecule has 1 saturated heterocycles. The van der Waals surface area contributed by atoms with Crippen LogP contribution in [-0.2, 0) is 39.9 Å². The van der Waals surface area contributed by atoms with E-state index in [-0.39, 0.29) is 58.5 Å². The number of aryl methyl sites for hydroxylation is 1. The Morgan fingerprint density at radius 1 is 1.00 bits per heavy atom. The largest absolute Gasteiger partial charge is 0.394 e. The van der Waals surface area contributed by atoms with E-state index in [1.807, 2.05) is 57.5 Å². The van der Waals surface area contributed by atoms with Crippen molar-refractivity contribution in [3.63, 3.8) is 0 Å². The summed E-state index contributed by atoms with van der Waals surface area (Å²) in [6.45, 7) is 9.65. The molecule has 3 rings (SSSR count). The highest BCUT2D eigenvalue weighted by atomic mass is 32.1. The quantitative estimate of drug-likeness (QED) is 0.161. The Bertz CT molecular complexity index is 1230. The van der Waals surface area contributed by atoms with Crippen LogP contribution in [0.15, 0.2) is 29.8 Å². The number of thiazole rings is 1. The fraction of sp³-hybridized carbons (Fsp3) is 0.625. The molecule has 1 fully saturated rings.